The fourth-order valence-electron chi connectivity index (χ4n) is 3.69. The molecular formula is C30H45N7O9. The van der Waals surface area contributed by atoms with E-state index in [9.17, 15) is 28.8 Å². The first-order chi connectivity index (χ1) is 21.6. The topological polar surface area (TPSA) is 228 Å². The number of ether oxygens (including phenoxy) is 2. The predicted octanol–water partition coefficient (Wildman–Crippen LogP) is 1.41. The molecule has 0 spiro atoms. The molecule has 0 radical (unpaired) electrons. The molecule has 0 aliphatic heterocycles. The average Bonchev–Trinajstić information content (AvgIpc) is 2.95. The summed E-state index contributed by atoms with van der Waals surface area (Å²) < 4.78 is 10.1. The van der Waals surface area contributed by atoms with Crippen LogP contribution in [0.3, 0.4) is 0 Å². The molecule has 7 amide bonds. The van der Waals surface area contributed by atoms with Gasteiger partial charge in [-0.05, 0) is 63.6 Å². The number of hydrogen-bond acceptors (Lipinski definition) is 9. The monoisotopic (exact) mass is 647 g/mol. The highest BCUT2D eigenvalue weighted by Crippen LogP contribution is 2.13. The number of anilines is 1. The molecule has 1 rings (SSSR count). The van der Waals surface area contributed by atoms with E-state index in [1.807, 2.05) is 19.3 Å². The molecule has 1 aromatic carbocycles. The molecule has 16 heteroatoms. The van der Waals surface area contributed by atoms with Crippen LogP contribution in [0.5, 0.6) is 0 Å². The molecule has 0 fully saturated rings. The first kappa shape index (κ1) is 39.0. The van der Waals surface area contributed by atoms with Gasteiger partial charge in [0, 0.05) is 12.2 Å². The molecule has 46 heavy (non-hydrogen) atoms. The third-order valence-electron chi connectivity index (χ3n) is 5.64. The van der Waals surface area contributed by atoms with Crippen molar-refractivity contribution in [2.45, 2.75) is 78.2 Å². The minimum Gasteiger partial charge on any atom is -0.445 e. The van der Waals surface area contributed by atoms with Crippen LogP contribution < -0.4 is 37.8 Å². The number of carbonyl (C=O) groups is 6. The Morgan fingerprint density at radius 1 is 0.935 bits per heavy atom. The van der Waals surface area contributed by atoms with Crippen molar-refractivity contribution in [3.05, 3.63) is 29.8 Å². The Hall–Kier alpha value is -5.04. The number of primary amides is 1. The highest BCUT2D eigenvalue weighted by molar-refractivity contribution is 5.98. The zero-order valence-corrected chi connectivity index (χ0v) is 26.8. The Balaban J connectivity index is 2.89. The van der Waals surface area contributed by atoms with Crippen LogP contribution in [-0.2, 0) is 35.3 Å². The molecule has 1 aromatic rings. The number of carbonyl (C=O) groups excluding carboxylic acids is 6. The second-order valence-electron chi connectivity index (χ2n) is 11.5. The largest absolute Gasteiger partial charge is 0.445 e. The SMILES string of the molecule is C#CCNC(=O)OCc1ccc(NC(=O)[C@H](CCCNC(N)=O)NC(=O)[C@H](CC(C)C)NC(=O)CONC(=O)OC(C)(C)C)cc1. The molecule has 254 valence electrons. The number of hydrogen-bond donors (Lipinski definition) is 7. The van der Waals surface area contributed by atoms with E-state index in [2.05, 4.69) is 32.5 Å². The average molecular weight is 648 g/mol. The maximum absolute atomic E-state index is 13.3. The number of nitrogens with two attached hydrogens (primary N) is 1. The summed E-state index contributed by atoms with van der Waals surface area (Å²) in [5.41, 5.74) is 7.40. The number of nitrogens with one attached hydrogen (secondary N) is 6. The number of hydroxylamine groups is 1. The predicted molar refractivity (Wildman–Crippen MR) is 168 cm³/mol. The van der Waals surface area contributed by atoms with Crippen LogP contribution in [0.4, 0.5) is 20.1 Å². The maximum atomic E-state index is 13.3. The molecule has 0 saturated carbocycles. The van der Waals surface area contributed by atoms with Crippen molar-refractivity contribution < 1.29 is 43.1 Å². The molecule has 0 aliphatic rings. The lowest BCUT2D eigenvalue weighted by atomic mass is 10.0. The van der Waals surface area contributed by atoms with Gasteiger partial charge in [-0.25, -0.2) is 14.4 Å². The van der Waals surface area contributed by atoms with Gasteiger partial charge in [0.1, 0.15) is 24.3 Å². The van der Waals surface area contributed by atoms with Crippen molar-refractivity contribution in [3.63, 3.8) is 0 Å². The van der Waals surface area contributed by atoms with E-state index in [4.69, 9.17) is 26.5 Å². The van der Waals surface area contributed by atoms with Crippen molar-refractivity contribution in [1.29, 1.82) is 0 Å². The molecule has 2 atom stereocenters. The molecule has 0 saturated heterocycles. The Morgan fingerprint density at radius 2 is 1.61 bits per heavy atom. The van der Waals surface area contributed by atoms with Gasteiger partial charge < -0.3 is 41.8 Å². The van der Waals surface area contributed by atoms with Gasteiger partial charge in [0.25, 0.3) is 0 Å². The van der Waals surface area contributed by atoms with Crippen LogP contribution in [0, 0.1) is 18.3 Å². The summed E-state index contributed by atoms with van der Waals surface area (Å²) in [6, 6.07) is 3.65. The second kappa shape index (κ2) is 20.1. The summed E-state index contributed by atoms with van der Waals surface area (Å²) in [7, 11) is 0. The number of amides is 7. The van der Waals surface area contributed by atoms with E-state index >= 15 is 0 Å². The van der Waals surface area contributed by atoms with E-state index in [-0.39, 0.29) is 38.5 Å². The highest BCUT2D eigenvalue weighted by atomic mass is 16.7. The minimum atomic E-state index is -1.05. The summed E-state index contributed by atoms with van der Waals surface area (Å²) in [5, 5.41) is 12.8. The van der Waals surface area contributed by atoms with Gasteiger partial charge >= 0.3 is 18.2 Å². The number of benzene rings is 1. The lowest BCUT2D eigenvalue weighted by molar-refractivity contribution is -0.134. The normalized spacial score (nSPS) is 12.0. The van der Waals surface area contributed by atoms with Gasteiger partial charge in [-0.15, -0.1) is 6.42 Å². The molecule has 0 unspecified atom stereocenters. The van der Waals surface area contributed by atoms with Gasteiger partial charge in [-0.3, -0.25) is 19.2 Å². The number of rotatable bonds is 17. The first-order valence-corrected chi connectivity index (χ1v) is 14.6. The standard InChI is InChI=1S/C30H45N7O9/c1-7-14-33-28(42)44-17-20-10-12-21(13-11-20)34-25(39)22(9-8-15-32-27(31)41)36-26(40)23(16-19(2)3)35-24(38)18-45-37-29(43)46-30(4,5)6/h1,10-13,19,22-23H,8-9,14-18H2,2-6H3,(H,33,42)(H,34,39)(H,35,38)(H,36,40)(H,37,43)(H3,31,32,41)/t22-,23-/m0/s1. The molecular weight excluding hydrogens is 602 g/mol. The second-order valence-corrected chi connectivity index (χ2v) is 11.5. The van der Waals surface area contributed by atoms with Crippen molar-refractivity contribution in [3.8, 4) is 12.3 Å². The van der Waals surface area contributed by atoms with Crippen molar-refractivity contribution >= 4 is 41.6 Å². The van der Waals surface area contributed by atoms with E-state index in [1.54, 1.807) is 45.0 Å². The van der Waals surface area contributed by atoms with Gasteiger partial charge in [0.05, 0.1) is 6.54 Å². The minimum absolute atomic E-state index is 0.0187. The fraction of sp³-hybridized carbons (Fsp3) is 0.533. The van der Waals surface area contributed by atoms with E-state index in [0.29, 0.717) is 17.7 Å². The van der Waals surface area contributed by atoms with Crippen LogP contribution in [0.25, 0.3) is 0 Å². The van der Waals surface area contributed by atoms with Crippen LogP contribution in [0.15, 0.2) is 24.3 Å². The van der Waals surface area contributed by atoms with Gasteiger partial charge in [0.2, 0.25) is 17.7 Å². The first-order valence-electron chi connectivity index (χ1n) is 14.6. The van der Waals surface area contributed by atoms with Crippen molar-refractivity contribution in [2.24, 2.45) is 11.7 Å². The summed E-state index contributed by atoms with van der Waals surface area (Å²) in [5.74, 6) is 0.373. The van der Waals surface area contributed by atoms with Crippen molar-refractivity contribution in [1.82, 2.24) is 26.7 Å². The van der Waals surface area contributed by atoms with Crippen LogP contribution >= 0.6 is 0 Å². The van der Waals surface area contributed by atoms with Crippen LogP contribution in [-0.4, -0.2) is 73.3 Å². The van der Waals surface area contributed by atoms with E-state index in [0.717, 1.165) is 0 Å². The molecule has 0 heterocycles. The molecule has 8 N–H and O–H groups in total. The Bertz CT molecular complexity index is 1220. The summed E-state index contributed by atoms with van der Waals surface area (Å²) in [6.45, 7) is 8.26. The summed E-state index contributed by atoms with van der Waals surface area (Å²) in [4.78, 5) is 78.4. The third-order valence-corrected chi connectivity index (χ3v) is 5.64. The lowest BCUT2D eigenvalue weighted by Crippen LogP contribution is -2.53. The Morgan fingerprint density at radius 3 is 2.20 bits per heavy atom. The number of terminal acetylenes is 1. The Kier molecular flexibility index (Phi) is 17.0. The molecule has 0 bridgehead atoms. The van der Waals surface area contributed by atoms with E-state index in [1.165, 1.54) is 0 Å². The summed E-state index contributed by atoms with van der Waals surface area (Å²) >= 11 is 0. The molecule has 16 nitrogen and oxygen atoms in total. The smallest absolute Gasteiger partial charge is 0.431 e. The van der Waals surface area contributed by atoms with Gasteiger partial charge in [-0.2, -0.15) is 5.48 Å². The molecule has 0 aromatic heterocycles. The van der Waals surface area contributed by atoms with E-state index < -0.39 is 60.2 Å². The zero-order chi connectivity index (χ0) is 34.7. The number of urea groups is 1. The zero-order valence-electron chi connectivity index (χ0n) is 26.8. The Labute approximate surface area is 268 Å². The highest BCUT2D eigenvalue weighted by Gasteiger charge is 2.28. The third kappa shape index (κ3) is 17.9. The quantitative estimate of drug-likeness (QED) is 0.0735. The fourth-order valence-corrected chi connectivity index (χ4v) is 3.69. The van der Waals surface area contributed by atoms with Crippen LogP contribution in [0.2, 0.25) is 0 Å². The van der Waals surface area contributed by atoms with Gasteiger partial charge in [0.15, 0.2) is 6.61 Å². The van der Waals surface area contributed by atoms with Crippen molar-refractivity contribution in [2.75, 3.05) is 25.0 Å². The molecule has 0 aliphatic carbocycles. The summed E-state index contributed by atoms with van der Waals surface area (Å²) in [6.07, 6.45) is 4.19. The van der Waals surface area contributed by atoms with Gasteiger partial charge in [-0.1, -0.05) is 31.9 Å². The number of alkyl carbamates (subject to hydrolysis) is 1. The van der Waals surface area contributed by atoms with Crippen LogP contribution in [0.1, 0.15) is 59.4 Å². The lowest BCUT2D eigenvalue weighted by Gasteiger charge is -2.24. The maximum Gasteiger partial charge on any atom is 0.431 e.